The van der Waals surface area contributed by atoms with Gasteiger partial charge in [-0.05, 0) is 32.2 Å². The predicted octanol–water partition coefficient (Wildman–Crippen LogP) is 1.89. The van der Waals surface area contributed by atoms with Crippen molar-refractivity contribution >= 4 is 35.0 Å². The van der Waals surface area contributed by atoms with Gasteiger partial charge in [-0.15, -0.1) is 12.4 Å². The quantitative estimate of drug-likeness (QED) is 0.914. The fraction of sp³-hybridized carbons (Fsp3) is 0.412. The van der Waals surface area contributed by atoms with Gasteiger partial charge in [-0.2, -0.15) is 0 Å². The first-order valence-electron chi connectivity index (χ1n) is 7.85. The first kappa shape index (κ1) is 18.3. The minimum Gasteiger partial charge on any atom is -0.477 e. The molecular weight excluding hydrogens is 330 g/mol. The van der Waals surface area contributed by atoms with E-state index in [-0.39, 0.29) is 18.0 Å². The minimum atomic E-state index is -1.18. The Labute approximate surface area is 146 Å². The molecule has 3 rings (SSSR count). The molecular formula is C17H22ClN3O3. The van der Waals surface area contributed by atoms with Gasteiger partial charge in [0.1, 0.15) is 5.56 Å². The van der Waals surface area contributed by atoms with Gasteiger partial charge >= 0.3 is 5.97 Å². The summed E-state index contributed by atoms with van der Waals surface area (Å²) in [7, 11) is 2.11. The summed E-state index contributed by atoms with van der Waals surface area (Å²) >= 11 is 0. The minimum absolute atomic E-state index is 0. The highest BCUT2D eigenvalue weighted by atomic mass is 35.5. The number of aromatic carboxylic acids is 1. The van der Waals surface area contributed by atoms with Crippen LogP contribution in [-0.2, 0) is 6.54 Å². The molecule has 1 aromatic heterocycles. The Morgan fingerprint density at radius 3 is 2.46 bits per heavy atom. The van der Waals surface area contributed by atoms with Crippen LogP contribution in [0.1, 0.15) is 17.3 Å². The third-order valence-corrected chi connectivity index (χ3v) is 4.50. The second-order valence-corrected chi connectivity index (χ2v) is 5.95. The Kier molecular flexibility index (Phi) is 5.51. The second kappa shape index (κ2) is 7.23. The average molecular weight is 352 g/mol. The highest BCUT2D eigenvalue weighted by molar-refractivity contribution is 5.93. The molecule has 0 aliphatic carbocycles. The number of halogens is 1. The maximum Gasteiger partial charge on any atom is 0.341 e. The summed E-state index contributed by atoms with van der Waals surface area (Å²) in [4.78, 5) is 28.2. The zero-order chi connectivity index (χ0) is 16.6. The van der Waals surface area contributed by atoms with Crippen LogP contribution in [0.2, 0.25) is 0 Å². The van der Waals surface area contributed by atoms with E-state index in [1.54, 1.807) is 6.07 Å². The SMILES string of the molecule is CCn1cc(C(=O)O)c(=O)c2ccc(N3CCN(C)CC3)cc21.Cl. The van der Waals surface area contributed by atoms with Crippen LogP contribution in [0.25, 0.3) is 10.9 Å². The number of carboxylic acids is 1. The lowest BCUT2D eigenvalue weighted by Crippen LogP contribution is -2.44. The average Bonchev–Trinajstić information content (AvgIpc) is 2.55. The third-order valence-electron chi connectivity index (χ3n) is 4.50. The number of likely N-dealkylation sites (N-methyl/N-ethyl adjacent to an activating group) is 1. The van der Waals surface area contributed by atoms with Gasteiger partial charge in [-0.3, -0.25) is 4.79 Å². The van der Waals surface area contributed by atoms with Crippen molar-refractivity contribution in [2.75, 3.05) is 38.1 Å². The van der Waals surface area contributed by atoms with E-state index in [0.29, 0.717) is 11.9 Å². The molecule has 130 valence electrons. The van der Waals surface area contributed by atoms with Crippen molar-refractivity contribution in [1.82, 2.24) is 9.47 Å². The molecule has 0 bridgehead atoms. The number of nitrogens with zero attached hydrogens (tertiary/aromatic N) is 3. The van der Waals surface area contributed by atoms with Crippen molar-refractivity contribution in [2.24, 2.45) is 0 Å². The zero-order valence-corrected chi connectivity index (χ0v) is 14.7. The number of hydrogen-bond donors (Lipinski definition) is 1. The van der Waals surface area contributed by atoms with Crippen molar-refractivity contribution in [3.63, 3.8) is 0 Å². The van der Waals surface area contributed by atoms with Crippen LogP contribution in [0.3, 0.4) is 0 Å². The third kappa shape index (κ3) is 3.25. The Hall–Kier alpha value is -2.05. The number of rotatable bonds is 3. The van der Waals surface area contributed by atoms with E-state index in [1.807, 2.05) is 23.6 Å². The van der Waals surface area contributed by atoms with Crippen LogP contribution in [-0.4, -0.2) is 53.8 Å². The molecule has 1 saturated heterocycles. The molecule has 2 aromatic rings. The van der Waals surface area contributed by atoms with E-state index in [9.17, 15) is 14.7 Å². The number of carbonyl (C=O) groups is 1. The fourth-order valence-electron chi connectivity index (χ4n) is 3.05. The molecule has 0 radical (unpaired) electrons. The molecule has 1 N–H and O–H groups in total. The first-order valence-corrected chi connectivity index (χ1v) is 7.85. The lowest BCUT2D eigenvalue weighted by molar-refractivity contribution is 0.0695. The maximum atomic E-state index is 12.4. The lowest BCUT2D eigenvalue weighted by Gasteiger charge is -2.34. The summed E-state index contributed by atoms with van der Waals surface area (Å²) in [6, 6.07) is 5.67. The molecule has 1 aromatic carbocycles. The molecule has 0 unspecified atom stereocenters. The number of aryl methyl sites for hydroxylation is 1. The number of aromatic nitrogens is 1. The zero-order valence-electron chi connectivity index (χ0n) is 13.9. The summed E-state index contributed by atoms with van der Waals surface area (Å²) in [6.45, 7) is 6.48. The number of carboxylic acid groups (broad SMARTS) is 1. The molecule has 7 heteroatoms. The molecule has 0 amide bonds. The Morgan fingerprint density at radius 1 is 1.21 bits per heavy atom. The molecule has 0 saturated carbocycles. The van der Waals surface area contributed by atoms with Gasteiger partial charge in [0.15, 0.2) is 0 Å². The number of anilines is 1. The van der Waals surface area contributed by atoms with E-state index in [2.05, 4.69) is 16.8 Å². The largest absolute Gasteiger partial charge is 0.477 e. The number of benzene rings is 1. The van der Waals surface area contributed by atoms with Crippen LogP contribution in [0.4, 0.5) is 5.69 Å². The van der Waals surface area contributed by atoms with Gasteiger partial charge < -0.3 is 19.5 Å². The number of pyridine rings is 1. The van der Waals surface area contributed by atoms with Gasteiger partial charge in [0, 0.05) is 50.0 Å². The van der Waals surface area contributed by atoms with Gasteiger partial charge in [0.05, 0.1) is 5.52 Å². The summed E-state index contributed by atoms with van der Waals surface area (Å²) in [5, 5.41) is 9.66. The summed E-state index contributed by atoms with van der Waals surface area (Å²) in [6.07, 6.45) is 1.45. The highest BCUT2D eigenvalue weighted by Gasteiger charge is 2.17. The van der Waals surface area contributed by atoms with Crippen molar-refractivity contribution < 1.29 is 9.90 Å². The van der Waals surface area contributed by atoms with E-state index in [1.165, 1.54) is 6.20 Å². The molecule has 2 heterocycles. The monoisotopic (exact) mass is 351 g/mol. The van der Waals surface area contributed by atoms with Gasteiger partial charge in [-0.25, -0.2) is 4.79 Å². The summed E-state index contributed by atoms with van der Waals surface area (Å²) < 4.78 is 1.83. The van der Waals surface area contributed by atoms with Gasteiger partial charge in [0.25, 0.3) is 0 Å². The molecule has 24 heavy (non-hydrogen) atoms. The Bertz CT molecular complexity index is 811. The molecule has 1 aliphatic heterocycles. The maximum absolute atomic E-state index is 12.4. The van der Waals surface area contributed by atoms with Crippen molar-refractivity contribution in [3.8, 4) is 0 Å². The van der Waals surface area contributed by atoms with Crippen molar-refractivity contribution in [1.29, 1.82) is 0 Å². The molecule has 0 atom stereocenters. The number of piperazine rings is 1. The molecule has 6 nitrogen and oxygen atoms in total. The van der Waals surface area contributed by atoms with Gasteiger partial charge in [-0.1, -0.05) is 0 Å². The fourth-order valence-corrected chi connectivity index (χ4v) is 3.05. The van der Waals surface area contributed by atoms with E-state index >= 15 is 0 Å². The van der Waals surface area contributed by atoms with Crippen molar-refractivity contribution in [3.05, 3.63) is 40.2 Å². The Balaban J connectivity index is 0.00000208. The Morgan fingerprint density at radius 2 is 1.88 bits per heavy atom. The normalized spacial score (nSPS) is 15.3. The van der Waals surface area contributed by atoms with Crippen molar-refractivity contribution in [2.45, 2.75) is 13.5 Å². The lowest BCUT2D eigenvalue weighted by atomic mass is 10.1. The van der Waals surface area contributed by atoms with Gasteiger partial charge in [0.2, 0.25) is 5.43 Å². The van der Waals surface area contributed by atoms with Crippen LogP contribution in [0, 0.1) is 0 Å². The first-order chi connectivity index (χ1) is 11.0. The summed E-state index contributed by atoms with van der Waals surface area (Å²) in [5.41, 5.74) is 1.28. The topological polar surface area (TPSA) is 65.8 Å². The molecule has 1 aliphatic rings. The molecule has 1 fully saturated rings. The highest BCUT2D eigenvalue weighted by Crippen LogP contribution is 2.22. The predicted molar refractivity (Wildman–Crippen MR) is 97.8 cm³/mol. The van der Waals surface area contributed by atoms with Crippen LogP contribution < -0.4 is 10.3 Å². The smallest absolute Gasteiger partial charge is 0.341 e. The van der Waals surface area contributed by atoms with E-state index in [4.69, 9.17) is 0 Å². The van der Waals surface area contributed by atoms with E-state index < -0.39 is 11.4 Å². The number of fused-ring (bicyclic) bond motifs is 1. The molecule has 0 spiro atoms. The summed E-state index contributed by atoms with van der Waals surface area (Å²) in [5.74, 6) is -1.18. The second-order valence-electron chi connectivity index (χ2n) is 5.95. The van der Waals surface area contributed by atoms with Crippen LogP contribution in [0.5, 0.6) is 0 Å². The van der Waals surface area contributed by atoms with Crippen LogP contribution in [0.15, 0.2) is 29.2 Å². The van der Waals surface area contributed by atoms with E-state index in [0.717, 1.165) is 37.4 Å². The van der Waals surface area contributed by atoms with Crippen LogP contribution >= 0.6 is 12.4 Å². The standard InChI is InChI=1S/C17H21N3O3.ClH/c1-3-19-11-14(17(22)23)16(21)13-5-4-12(10-15(13)19)20-8-6-18(2)7-9-20;/h4-5,10-11H,3,6-9H2,1-2H3,(H,22,23);1H. The number of hydrogen-bond acceptors (Lipinski definition) is 4.